The van der Waals surface area contributed by atoms with Crippen LogP contribution in [0, 0.1) is 5.92 Å². The molecule has 0 aromatic heterocycles. The van der Waals surface area contributed by atoms with Gasteiger partial charge < -0.3 is 20.5 Å². The van der Waals surface area contributed by atoms with E-state index in [9.17, 15) is 14.7 Å². The van der Waals surface area contributed by atoms with Gasteiger partial charge in [0.15, 0.2) is 0 Å². The molecule has 6 heteroatoms. The van der Waals surface area contributed by atoms with Crippen LogP contribution in [0.4, 0.5) is 0 Å². The first kappa shape index (κ1) is 16.9. The van der Waals surface area contributed by atoms with E-state index in [0.717, 1.165) is 25.7 Å². The summed E-state index contributed by atoms with van der Waals surface area (Å²) in [7, 11) is 0. The summed E-state index contributed by atoms with van der Waals surface area (Å²) in [6.07, 6.45) is 3.94. The fourth-order valence-corrected chi connectivity index (χ4v) is 2.54. The molecular formula is C14H26N2O4. The van der Waals surface area contributed by atoms with Gasteiger partial charge in [-0.2, -0.15) is 0 Å². The Kier molecular flexibility index (Phi) is 7.54. The Balaban J connectivity index is 2.58. The molecule has 1 aliphatic rings. The van der Waals surface area contributed by atoms with Crippen LogP contribution in [0.15, 0.2) is 0 Å². The smallest absolute Gasteiger partial charge is 0.311 e. The van der Waals surface area contributed by atoms with Crippen molar-refractivity contribution in [3.05, 3.63) is 0 Å². The van der Waals surface area contributed by atoms with Gasteiger partial charge in [0.05, 0.1) is 19.3 Å². The second-order valence-corrected chi connectivity index (χ2v) is 5.24. The molecule has 1 fully saturated rings. The fraction of sp³-hybridized carbons (Fsp3) is 0.857. The first-order chi connectivity index (χ1) is 9.61. The van der Waals surface area contributed by atoms with Gasteiger partial charge in [-0.05, 0) is 25.8 Å². The molecule has 0 spiro atoms. The summed E-state index contributed by atoms with van der Waals surface area (Å²) in [6, 6.07) is -0.325. The molecule has 20 heavy (non-hydrogen) atoms. The Labute approximate surface area is 120 Å². The molecular weight excluding hydrogens is 260 g/mol. The highest BCUT2D eigenvalue weighted by atomic mass is 16.5. The van der Waals surface area contributed by atoms with Gasteiger partial charge in [0.2, 0.25) is 5.91 Å². The molecule has 0 aliphatic carbocycles. The maximum absolute atomic E-state index is 12.3. The lowest BCUT2D eigenvalue weighted by atomic mass is 10.0. The number of hydrogen-bond acceptors (Lipinski definition) is 4. The molecule has 1 saturated heterocycles. The molecule has 0 bridgehead atoms. The van der Waals surface area contributed by atoms with Crippen molar-refractivity contribution >= 4 is 11.9 Å². The summed E-state index contributed by atoms with van der Waals surface area (Å²) in [5.41, 5.74) is 5.43. The second-order valence-electron chi connectivity index (χ2n) is 5.24. The van der Waals surface area contributed by atoms with E-state index in [1.165, 1.54) is 0 Å². The highest BCUT2D eigenvalue weighted by molar-refractivity contribution is 5.78. The van der Waals surface area contributed by atoms with Crippen molar-refractivity contribution in [3.63, 3.8) is 0 Å². The zero-order chi connectivity index (χ0) is 15.0. The van der Waals surface area contributed by atoms with Crippen LogP contribution in [0.2, 0.25) is 0 Å². The first-order valence-corrected chi connectivity index (χ1v) is 7.41. The van der Waals surface area contributed by atoms with Crippen LogP contribution < -0.4 is 5.73 Å². The number of rotatable bonds is 9. The zero-order valence-corrected chi connectivity index (χ0v) is 12.2. The molecule has 0 saturated carbocycles. The molecule has 6 nitrogen and oxygen atoms in total. The van der Waals surface area contributed by atoms with Crippen molar-refractivity contribution in [3.8, 4) is 0 Å². The average Bonchev–Trinajstić information content (AvgIpc) is 2.90. The van der Waals surface area contributed by atoms with Gasteiger partial charge in [-0.25, -0.2) is 0 Å². The molecule has 1 aliphatic heterocycles. The van der Waals surface area contributed by atoms with Crippen LogP contribution in [-0.2, 0) is 14.3 Å². The van der Waals surface area contributed by atoms with E-state index in [1.54, 1.807) is 4.90 Å². The van der Waals surface area contributed by atoms with Crippen LogP contribution >= 0.6 is 0 Å². The van der Waals surface area contributed by atoms with E-state index in [1.807, 2.05) is 6.92 Å². The Morgan fingerprint density at radius 2 is 2.05 bits per heavy atom. The SMILES string of the molecule is CCCN(C(=O)CCCCCN)C1COCC1C(=O)O. The fourth-order valence-electron chi connectivity index (χ4n) is 2.54. The van der Waals surface area contributed by atoms with Crippen molar-refractivity contribution in [2.24, 2.45) is 11.7 Å². The summed E-state index contributed by atoms with van der Waals surface area (Å²) in [4.78, 5) is 25.2. The van der Waals surface area contributed by atoms with Gasteiger partial charge in [0.1, 0.15) is 5.92 Å². The summed E-state index contributed by atoms with van der Waals surface area (Å²) >= 11 is 0. The van der Waals surface area contributed by atoms with Crippen molar-refractivity contribution < 1.29 is 19.4 Å². The molecule has 1 heterocycles. The highest BCUT2D eigenvalue weighted by Gasteiger charge is 2.39. The summed E-state index contributed by atoms with van der Waals surface area (Å²) < 4.78 is 5.26. The molecule has 1 rings (SSSR count). The van der Waals surface area contributed by atoms with Crippen molar-refractivity contribution in [2.75, 3.05) is 26.3 Å². The molecule has 0 aromatic rings. The molecule has 0 radical (unpaired) electrons. The Morgan fingerprint density at radius 1 is 1.30 bits per heavy atom. The Morgan fingerprint density at radius 3 is 2.65 bits per heavy atom. The van der Waals surface area contributed by atoms with Gasteiger partial charge in [-0.1, -0.05) is 13.3 Å². The predicted molar refractivity (Wildman–Crippen MR) is 75.3 cm³/mol. The molecule has 3 N–H and O–H groups in total. The number of nitrogens with zero attached hydrogens (tertiary/aromatic N) is 1. The van der Waals surface area contributed by atoms with E-state index in [0.29, 0.717) is 26.1 Å². The number of nitrogens with two attached hydrogens (primary N) is 1. The minimum absolute atomic E-state index is 0.0330. The number of amides is 1. The highest BCUT2D eigenvalue weighted by Crippen LogP contribution is 2.21. The zero-order valence-electron chi connectivity index (χ0n) is 12.2. The second kappa shape index (κ2) is 8.92. The third-order valence-electron chi connectivity index (χ3n) is 3.65. The molecule has 1 amide bonds. The van der Waals surface area contributed by atoms with E-state index in [-0.39, 0.29) is 18.6 Å². The summed E-state index contributed by atoms with van der Waals surface area (Å²) in [6.45, 7) is 3.74. The third-order valence-corrected chi connectivity index (χ3v) is 3.65. The summed E-state index contributed by atoms with van der Waals surface area (Å²) in [5, 5.41) is 9.20. The average molecular weight is 286 g/mol. The maximum atomic E-state index is 12.3. The van der Waals surface area contributed by atoms with Gasteiger partial charge in [-0.3, -0.25) is 9.59 Å². The number of carbonyl (C=O) groups excluding carboxylic acids is 1. The lowest BCUT2D eigenvalue weighted by Gasteiger charge is -2.30. The number of aliphatic carboxylic acids is 1. The van der Waals surface area contributed by atoms with E-state index >= 15 is 0 Å². The minimum atomic E-state index is -0.885. The number of hydrogen-bond donors (Lipinski definition) is 2. The number of ether oxygens (including phenoxy) is 1. The predicted octanol–water partition coefficient (Wildman–Crippen LogP) is 0.844. The number of unbranched alkanes of at least 4 members (excludes halogenated alkanes) is 2. The van der Waals surface area contributed by atoms with Gasteiger partial charge in [0.25, 0.3) is 0 Å². The van der Waals surface area contributed by atoms with Crippen molar-refractivity contribution in [1.82, 2.24) is 4.90 Å². The molecule has 2 unspecified atom stereocenters. The Bertz CT molecular complexity index is 322. The Hall–Kier alpha value is -1.14. The topological polar surface area (TPSA) is 92.9 Å². The van der Waals surface area contributed by atoms with Crippen molar-refractivity contribution in [2.45, 2.75) is 45.1 Å². The lowest BCUT2D eigenvalue weighted by molar-refractivity contribution is -0.145. The number of carbonyl (C=O) groups is 2. The number of carboxylic acids is 1. The lowest BCUT2D eigenvalue weighted by Crippen LogP contribution is -2.46. The first-order valence-electron chi connectivity index (χ1n) is 7.41. The summed E-state index contributed by atoms with van der Waals surface area (Å²) in [5.74, 6) is -1.45. The van der Waals surface area contributed by atoms with E-state index in [2.05, 4.69) is 0 Å². The largest absolute Gasteiger partial charge is 0.481 e. The van der Waals surface area contributed by atoms with E-state index < -0.39 is 11.9 Å². The monoisotopic (exact) mass is 286 g/mol. The number of carboxylic acid groups (broad SMARTS) is 1. The van der Waals surface area contributed by atoms with Crippen LogP contribution in [0.3, 0.4) is 0 Å². The molecule has 116 valence electrons. The van der Waals surface area contributed by atoms with Crippen LogP contribution in [-0.4, -0.2) is 54.2 Å². The minimum Gasteiger partial charge on any atom is -0.481 e. The van der Waals surface area contributed by atoms with Crippen LogP contribution in [0.1, 0.15) is 39.0 Å². The van der Waals surface area contributed by atoms with Gasteiger partial charge >= 0.3 is 5.97 Å². The van der Waals surface area contributed by atoms with Crippen LogP contribution in [0.5, 0.6) is 0 Å². The maximum Gasteiger partial charge on any atom is 0.311 e. The van der Waals surface area contributed by atoms with Gasteiger partial charge in [-0.15, -0.1) is 0 Å². The third kappa shape index (κ3) is 4.76. The standard InChI is InChI=1S/C14H26N2O4/c1-2-8-16(13(17)6-4-3-5-7-15)12-10-20-9-11(12)14(18)19/h11-12H,2-10,15H2,1H3,(H,18,19). The molecule has 0 aromatic carbocycles. The van der Waals surface area contributed by atoms with E-state index in [4.69, 9.17) is 10.5 Å². The normalized spacial score (nSPS) is 21.9. The van der Waals surface area contributed by atoms with Gasteiger partial charge in [0, 0.05) is 13.0 Å². The van der Waals surface area contributed by atoms with Crippen LogP contribution in [0.25, 0.3) is 0 Å². The molecule has 2 atom stereocenters. The van der Waals surface area contributed by atoms with Crippen molar-refractivity contribution in [1.29, 1.82) is 0 Å². The quantitative estimate of drug-likeness (QED) is 0.613.